The molecule has 10 aromatic carbocycles. The summed E-state index contributed by atoms with van der Waals surface area (Å²) in [6.07, 6.45) is 0. The third-order valence-electron chi connectivity index (χ3n) is 14.0. The monoisotopic (exact) mass is 873 g/mol. The van der Waals surface area contributed by atoms with Gasteiger partial charge in [0.2, 0.25) is 0 Å². The topological polar surface area (TPSA) is 36.0 Å². The lowest BCUT2D eigenvalue weighted by Crippen LogP contribution is -2.61. The molecule has 0 unspecified atom stereocenters. The minimum atomic E-state index is -0.144. The Labute approximate surface area is 389 Å². The van der Waals surface area contributed by atoms with E-state index in [1.165, 1.54) is 36.6 Å². The molecular weight excluding hydrogens is 838 g/mol. The minimum absolute atomic E-state index is 0.144. The maximum Gasteiger partial charge on any atom is 0.252 e. The number of hydrogen-bond donors (Lipinski definition) is 0. The Hall–Kier alpha value is -8.52. The van der Waals surface area contributed by atoms with E-state index in [0.29, 0.717) is 0 Å². The third kappa shape index (κ3) is 5.20. The lowest BCUT2D eigenvalue weighted by molar-refractivity contribution is 0.668. The fourth-order valence-electron chi connectivity index (χ4n) is 11.3. The summed E-state index contributed by atoms with van der Waals surface area (Å²) in [5.41, 5.74) is 17.0. The molecule has 7 heteroatoms. The van der Waals surface area contributed by atoms with Crippen molar-refractivity contribution in [1.29, 1.82) is 0 Å². The molecule has 0 N–H and O–H groups in total. The Kier molecular flexibility index (Phi) is 7.68. The molecule has 0 spiro atoms. The molecule has 3 aromatic heterocycles. The first-order chi connectivity index (χ1) is 33.3. The number of para-hydroxylation sites is 5. The molecule has 5 heterocycles. The van der Waals surface area contributed by atoms with Gasteiger partial charge in [0.05, 0.1) is 33.5 Å². The largest absolute Gasteiger partial charge is 0.456 e. The van der Waals surface area contributed by atoms with Crippen molar-refractivity contribution in [2.45, 2.75) is 0 Å². The predicted octanol–water partition coefficient (Wildman–Crippen LogP) is 15.4. The molecule has 0 amide bonds. The zero-order valence-corrected chi connectivity index (χ0v) is 36.7. The summed E-state index contributed by atoms with van der Waals surface area (Å²) in [5.74, 6) is 0. The second kappa shape index (κ2) is 14.0. The molecule has 0 saturated carbocycles. The molecule has 2 aliphatic heterocycles. The standard InChI is InChI=1S/C60H36BN3O2S/c1-4-17-37(18-5-1)62(46-26-16-30-54-55(46)43-25-12-15-29-53(43)67-54)40-35-47-58-48(36-40)64(39-21-8-3-9-22-39)60-45(32-34-52-57(60)42-24-11-14-28-50(42)66-52)61(58)44-31-33-51-56(41-23-10-13-27-49(41)65-51)59(44)63(47)38-19-6-2-7-20-38/h1-36H. The van der Waals surface area contributed by atoms with Crippen molar-refractivity contribution in [2.24, 2.45) is 0 Å². The van der Waals surface area contributed by atoms with Crippen LogP contribution in [-0.2, 0) is 0 Å². The van der Waals surface area contributed by atoms with Gasteiger partial charge in [-0.25, -0.2) is 0 Å². The fraction of sp³-hybridized carbons (Fsp3) is 0. The quantitative estimate of drug-likeness (QED) is 0.161. The zero-order chi connectivity index (χ0) is 43.7. The van der Waals surface area contributed by atoms with Crippen molar-refractivity contribution in [2.75, 3.05) is 14.7 Å². The van der Waals surface area contributed by atoms with Gasteiger partial charge in [-0.2, -0.15) is 0 Å². The van der Waals surface area contributed by atoms with E-state index in [2.05, 4.69) is 233 Å². The first-order valence-electron chi connectivity index (χ1n) is 22.8. The predicted molar refractivity (Wildman–Crippen MR) is 283 cm³/mol. The highest BCUT2D eigenvalue weighted by Crippen LogP contribution is 2.53. The molecular formula is C60H36BN3O2S. The van der Waals surface area contributed by atoms with Crippen LogP contribution in [0.1, 0.15) is 0 Å². The van der Waals surface area contributed by atoms with Crippen molar-refractivity contribution in [3.05, 3.63) is 218 Å². The molecule has 5 nitrogen and oxygen atoms in total. The Morgan fingerprint density at radius 1 is 0.388 bits per heavy atom. The van der Waals surface area contributed by atoms with Gasteiger partial charge in [-0.05, 0) is 107 Å². The van der Waals surface area contributed by atoms with E-state index in [1.54, 1.807) is 0 Å². The van der Waals surface area contributed by atoms with Gasteiger partial charge in [-0.15, -0.1) is 11.3 Å². The number of hydrogen-bond acceptors (Lipinski definition) is 6. The average molecular weight is 874 g/mol. The first kappa shape index (κ1) is 36.8. The maximum absolute atomic E-state index is 6.73. The van der Waals surface area contributed by atoms with Crippen molar-refractivity contribution in [3.63, 3.8) is 0 Å². The molecule has 2 aliphatic rings. The zero-order valence-electron chi connectivity index (χ0n) is 35.9. The lowest BCUT2D eigenvalue weighted by atomic mass is 9.33. The third-order valence-corrected chi connectivity index (χ3v) is 15.1. The van der Waals surface area contributed by atoms with Gasteiger partial charge in [0.1, 0.15) is 22.3 Å². The smallest absolute Gasteiger partial charge is 0.252 e. The van der Waals surface area contributed by atoms with Crippen LogP contribution >= 0.6 is 11.3 Å². The SMILES string of the molecule is c1ccc(N2c3cc(N(c4ccccc4)c4cccc5sc6ccccc6c45)cc4c3B(c3ccc5oc6ccccc6c5c32)c2ccc3oc5ccccc5c3c2N4c2ccccc2)cc1. The number of nitrogens with zero attached hydrogens (tertiary/aromatic N) is 3. The second-order valence-corrected chi connectivity index (χ2v) is 18.6. The van der Waals surface area contributed by atoms with Crippen molar-refractivity contribution >= 4 is 150 Å². The van der Waals surface area contributed by atoms with Crippen LogP contribution in [0.3, 0.4) is 0 Å². The van der Waals surface area contributed by atoms with Gasteiger partial charge >= 0.3 is 0 Å². The molecule has 15 rings (SSSR count). The van der Waals surface area contributed by atoms with Crippen molar-refractivity contribution in [3.8, 4) is 0 Å². The number of benzene rings is 10. The van der Waals surface area contributed by atoms with Crippen LogP contribution in [0.2, 0.25) is 0 Å². The summed E-state index contributed by atoms with van der Waals surface area (Å²) < 4.78 is 16.0. The Morgan fingerprint density at radius 3 is 1.46 bits per heavy atom. The van der Waals surface area contributed by atoms with E-state index in [9.17, 15) is 0 Å². The molecule has 0 radical (unpaired) electrons. The fourth-order valence-corrected chi connectivity index (χ4v) is 12.5. The second-order valence-electron chi connectivity index (χ2n) is 17.5. The van der Waals surface area contributed by atoms with Gasteiger partial charge in [0, 0.05) is 59.4 Å². The first-order valence-corrected chi connectivity index (χ1v) is 23.6. The van der Waals surface area contributed by atoms with Gasteiger partial charge < -0.3 is 23.5 Å². The van der Waals surface area contributed by atoms with Gasteiger partial charge in [0.25, 0.3) is 6.71 Å². The number of thiophene rings is 1. The molecule has 312 valence electrons. The van der Waals surface area contributed by atoms with Gasteiger partial charge in [-0.3, -0.25) is 0 Å². The van der Waals surface area contributed by atoms with E-state index in [1.807, 2.05) is 11.3 Å². The highest BCUT2D eigenvalue weighted by Gasteiger charge is 2.46. The van der Waals surface area contributed by atoms with Crippen LogP contribution in [0.4, 0.5) is 51.2 Å². The molecule has 0 saturated heterocycles. The van der Waals surface area contributed by atoms with Crippen LogP contribution in [0.25, 0.3) is 64.0 Å². The van der Waals surface area contributed by atoms with Crippen molar-refractivity contribution < 1.29 is 8.83 Å². The minimum Gasteiger partial charge on any atom is -0.456 e. The highest BCUT2D eigenvalue weighted by atomic mass is 32.1. The Morgan fingerprint density at radius 2 is 0.881 bits per heavy atom. The molecule has 0 bridgehead atoms. The molecule has 67 heavy (non-hydrogen) atoms. The number of anilines is 9. The van der Waals surface area contributed by atoms with Crippen molar-refractivity contribution in [1.82, 2.24) is 0 Å². The maximum atomic E-state index is 6.73. The molecule has 0 fully saturated rings. The van der Waals surface area contributed by atoms with Crippen LogP contribution in [-0.4, -0.2) is 6.71 Å². The molecule has 13 aromatic rings. The van der Waals surface area contributed by atoms with Crippen LogP contribution in [0.5, 0.6) is 0 Å². The van der Waals surface area contributed by atoms with E-state index in [-0.39, 0.29) is 6.71 Å². The summed E-state index contributed by atoms with van der Waals surface area (Å²) in [7, 11) is 0. The number of furan rings is 2. The summed E-state index contributed by atoms with van der Waals surface area (Å²) in [6, 6.07) is 79.1. The van der Waals surface area contributed by atoms with E-state index < -0.39 is 0 Å². The summed E-state index contributed by atoms with van der Waals surface area (Å²) in [4.78, 5) is 7.51. The molecule has 0 aliphatic carbocycles. The van der Waals surface area contributed by atoms with E-state index >= 15 is 0 Å². The van der Waals surface area contributed by atoms with E-state index in [0.717, 1.165) is 95.1 Å². The Balaban J connectivity index is 1.14. The van der Waals surface area contributed by atoms with Gasteiger partial charge in [-0.1, -0.05) is 127 Å². The highest BCUT2D eigenvalue weighted by molar-refractivity contribution is 7.26. The number of fused-ring (bicyclic) bond motifs is 15. The summed E-state index contributed by atoms with van der Waals surface area (Å²) in [5, 5.41) is 6.88. The average Bonchev–Trinajstić information content (AvgIpc) is 4.09. The number of rotatable bonds is 5. The molecule has 0 atom stereocenters. The summed E-state index contributed by atoms with van der Waals surface area (Å²) in [6.45, 7) is -0.144. The van der Waals surface area contributed by atoms with Gasteiger partial charge in [0.15, 0.2) is 0 Å². The van der Waals surface area contributed by atoms with E-state index in [4.69, 9.17) is 8.83 Å². The van der Waals surface area contributed by atoms with Crippen LogP contribution in [0, 0.1) is 0 Å². The summed E-state index contributed by atoms with van der Waals surface area (Å²) >= 11 is 1.85. The Bertz CT molecular complexity index is 3960. The lowest BCUT2D eigenvalue weighted by Gasteiger charge is -2.45. The normalized spacial score (nSPS) is 13.0. The van der Waals surface area contributed by atoms with Crippen LogP contribution in [0.15, 0.2) is 227 Å². The van der Waals surface area contributed by atoms with Crippen LogP contribution < -0.4 is 31.1 Å².